The highest BCUT2D eigenvalue weighted by Crippen LogP contribution is 2.24. The van der Waals surface area contributed by atoms with Crippen molar-refractivity contribution in [1.29, 1.82) is 0 Å². The Kier molecular flexibility index (Phi) is 11.7. The van der Waals surface area contributed by atoms with Crippen molar-refractivity contribution in [2.45, 2.75) is 44.6 Å². The van der Waals surface area contributed by atoms with Crippen LogP contribution in [0.5, 0.6) is 11.8 Å². The zero-order chi connectivity index (χ0) is 28.5. The van der Waals surface area contributed by atoms with Gasteiger partial charge in [0.1, 0.15) is 0 Å². The Labute approximate surface area is 252 Å². The number of methoxy groups -OCH3 is 2. The molecule has 1 unspecified atom stereocenters. The van der Waals surface area contributed by atoms with Crippen LogP contribution in [-0.4, -0.2) is 76.8 Å². The number of carbonyl (C=O) groups is 1. The van der Waals surface area contributed by atoms with E-state index in [1.54, 1.807) is 14.2 Å². The average Bonchev–Trinajstić information content (AvgIpc) is 2.96. The molecule has 1 aliphatic heterocycles. The van der Waals surface area contributed by atoms with Gasteiger partial charge in [-0.15, -0.1) is 0 Å². The van der Waals surface area contributed by atoms with E-state index in [1.165, 1.54) is 11.1 Å². The molecule has 5 N–H and O–H groups in total. The number of hydrogen-bond acceptors (Lipinski definition) is 9. The topological polar surface area (TPSA) is 151 Å². The molecule has 0 bridgehead atoms. The standard InChI is InChI=1S/C28H37ClN8O3.ClH/c1-39-22-11-9-19(16-32-22)6-3-13-37(14-4-7-20-10-12-23(40-2)33-17-20)15-5-8-21(18-37)34-28(38)24-26(30)36-27(31)25(29)35-24;/h9-12,16-17,21H,3-8,13-15,18H2,1-2H3,(H4-,30,31,34,36,38);1H. The molecule has 1 saturated heterocycles. The first-order valence-corrected chi connectivity index (χ1v) is 13.9. The number of nitrogens with zero attached hydrogens (tertiary/aromatic N) is 5. The number of quaternary nitrogens is 1. The summed E-state index contributed by atoms with van der Waals surface area (Å²) in [4.78, 5) is 29.8. The third-order valence-corrected chi connectivity index (χ3v) is 7.74. The fourth-order valence-electron chi connectivity index (χ4n) is 5.42. The Bertz CT molecular complexity index is 1230. The van der Waals surface area contributed by atoms with Crippen molar-refractivity contribution in [1.82, 2.24) is 25.3 Å². The van der Waals surface area contributed by atoms with E-state index in [4.69, 9.17) is 32.5 Å². The highest BCUT2D eigenvalue weighted by molar-refractivity contribution is 6.31. The van der Waals surface area contributed by atoms with Crippen molar-refractivity contribution < 1.29 is 31.2 Å². The van der Waals surface area contributed by atoms with Gasteiger partial charge in [-0.05, 0) is 36.8 Å². The van der Waals surface area contributed by atoms with Crippen LogP contribution in [0.25, 0.3) is 0 Å². The largest absolute Gasteiger partial charge is 1.00 e. The van der Waals surface area contributed by atoms with E-state index < -0.39 is 0 Å². The molecular weight excluding hydrogens is 567 g/mol. The predicted octanol–water partition coefficient (Wildman–Crippen LogP) is 0.0802. The first kappa shape index (κ1) is 32.1. The summed E-state index contributed by atoms with van der Waals surface area (Å²) in [6.07, 6.45) is 9.49. The Balaban J connectivity index is 0.00000462. The minimum atomic E-state index is -0.384. The van der Waals surface area contributed by atoms with E-state index in [1.807, 2.05) is 24.5 Å². The lowest BCUT2D eigenvalue weighted by molar-refractivity contribution is -0.933. The first-order valence-electron chi connectivity index (χ1n) is 13.5. The number of carbonyl (C=O) groups excluding carboxylic acids is 1. The van der Waals surface area contributed by atoms with Gasteiger partial charge in [0.25, 0.3) is 5.91 Å². The summed E-state index contributed by atoms with van der Waals surface area (Å²) in [6, 6.07) is 7.90. The maximum Gasteiger partial charge on any atom is 0.274 e. The Hall–Kier alpha value is -3.41. The third kappa shape index (κ3) is 8.79. The quantitative estimate of drug-likeness (QED) is 0.244. The average molecular weight is 606 g/mol. The number of amides is 1. The summed E-state index contributed by atoms with van der Waals surface area (Å²) in [7, 11) is 3.23. The van der Waals surface area contributed by atoms with Crippen LogP contribution in [0.2, 0.25) is 5.15 Å². The summed E-state index contributed by atoms with van der Waals surface area (Å²) in [6.45, 7) is 3.87. The summed E-state index contributed by atoms with van der Waals surface area (Å²) in [5.74, 6) is 0.816. The number of ether oxygens (including phenoxy) is 2. The van der Waals surface area contributed by atoms with Gasteiger partial charge in [0.15, 0.2) is 22.5 Å². The molecule has 222 valence electrons. The number of likely N-dealkylation sites (tertiary alicyclic amines) is 1. The second kappa shape index (κ2) is 15.0. The van der Waals surface area contributed by atoms with Crippen molar-refractivity contribution in [2.24, 2.45) is 0 Å². The molecule has 11 nitrogen and oxygen atoms in total. The molecule has 0 radical (unpaired) electrons. The second-order valence-corrected chi connectivity index (χ2v) is 10.6. The van der Waals surface area contributed by atoms with Gasteiger partial charge in [-0.25, -0.2) is 19.9 Å². The van der Waals surface area contributed by atoms with Crippen molar-refractivity contribution in [3.63, 3.8) is 0 Å². The monoisotopic (exact) mass is 604 g/mol. The Morgan fingerprint density at radius 1 is 0.976 bits per heavy atom. The van der Waals surface area contributed by atoms with E-state index in [-0.39, 0.29) is 46.8 Å². The zero-order valence-corrected chi connectivity index (χ0v) is 25.0. The van der Waals surface area contributed by atoms with Crippen molar-refractivity contribution in [3.05, 3.63) is 58.6 Å². The molecule has 0 aliphatic carbocycles. The second-order valence-electron chi connectivity index (χ2n) is 10.3. The van der Waals surface area contributed by atoms with Crippen LogP contribution in [0.15, 0.2) is 36.7 Å². The van der Waals surface area contributed by atoms with Crippen LogP contribution in [0, 0.1) is 0 Å². The van der Waals surface area contributed by atoms with Crippen molar-refractivity contribution >= 4 is 29.1 Å². The van der Waals surface area contributed by atoms with Crippen LogP contribution >= 0.6 is 11.6 Å². The van der Waals surface area contributed by atoms with Gasteiger partial charge in [-0.3, -0.25) is 4.79 Å². The highest BCUT2D eigenvalue weighted by atomic mass is 35.5. The molecule has 13 heteroatoms. The number of nitrogens with two attached hydrogens (primary N) is 2. The SMILES string of the molecule is COc1ccc(CCC[N+]2(CCCc3ccc(OC)nc3)CCCC(NC(=O)c3nc(Cl)c(N)nc3N)C2)cn1.[Cl-]. The normalized spacial score (nSPS) is 15.9. The van der Waals surface area contributed by atoms with E-state index in [0.717, 1.165) is 69.2 Å². The molecular formula is C28H38Cl2N8O3. The number of piperidine rings is 1. The van der Waals surface area contributed by atoms with Gasteiger partial charge >= 0.3 is 0 Å². The number of pyridine rings is 2. The molecule has 3 aromatic rings. The molecule has 0 spiro atoms. The third-order valence-electron chi connectivity index (χ3n) is 7.46. The molecule has 0 aromatic carbocycles. The van der Waals surface area contributed by atoms with E-state index in [0.29, 0.717) is 11.8 Å². The number of nitrogens with one attached hydrogen (secondary N) is 1. The van der Waals surface area contributed by atoms with E-state index in [9.17, 15) is 4.79 Å². The number of aryl methyl sites for hydroxylation is 2. The van der Waals surface area contributed by atoms with Gasteiger partial charge in [-0.1, -0.05) is 23.7 Å². The lowest BCUT2D eigenvalue weighted by atomic mass is 9.99. The minimum Gasteiger partial charge on any atom is -1.00 e. The van der Waals surface area contributed by atoms with Crippen LogP contribution in [0.1, 0.15) is 47.3 Å². The predicted molar refractivity (Wildman–Crippen MR) is 154 cm³/mol. The first-order chi connectivity index (χ1) is 19.3. The van der Waals surface area contributed by atoms with Gasteiger partial charge in [-0.2, -0.15) is 0 Å². The molecule has 0 saturated carbocycles. The summed E-state index contributed by atoms with van der Waals surface area (Å²) in [5.41, 5.74) is 14.0. The lowest BCUT2D eigenvalue weighted by Gasteiger charge is -2.45. The molecule has 1 fully saturated rings. The van der Waals surface area contributed by atoms with Crippen LogP contribution in [0.4, 0.5) is 11.6 Å². The molecule has 1 amide bonds. The fraction of sp³-hybridized carbons (Fsp3) is 0.464. The molecule has 3 aromatic heterocycles. The smallest absolute Gasteiger partial charge is 0.274 e. The van der Waals surface area contributed by atoms with Gasteiger partial charge < -0.3 is 43.1 Å². The summed E-state index contributed by atoms with van der Waals surface area (Å²) in [5, 5.41) is 3.10. The minimum absolute atomic E-state index is 0. The molecule has 4 heterocycles. The molecule has 4 rings (SSSR count). The number of hydrogen-bond donors (Lipinski definition) is 3. The summed E-state index contributed by atoms with van der Waals surface area (Å²) < 4.78 is 11.3. The van der Waals surface area contributed by atoms with Gasteiger partial charge in [0.2, 0.25) is 11.8 Å². The fourth-order valence-corrected chi connectivity index (χ4v) is 5.54. The number of aromatic nitrogens is 4. The van der Waals surface area contributed by atoms with Crippen molar-refractivity contribution in [2.75, 3.05) is 51.9 Å². The molecule has 1 atom stereocenters. The van der Waals surface area contributed by atoms with Gasteiger partial charge in [0.05, 0.1) is 46.4 Å². The number of nitrogen functional groups attached to an aromatic ring is 2. The number of anilines is 2. The van der Waals surface area contributed by atoms with Gasteiger partial charge in [0, 0.05) is 37.4 Å². The van der Waals surface area contributed by atoms with Crippen molar-refractivity contribution in [3.8, 4) is 11.8 Å². The van der Waals surface area contributed by atoms with E-state index in [2.05, 4.69) is 37.4 Å². The van der Waals surface area contributed by atoms with Crippen LogP contribution < -0.4 is 38.7 Å². The Morgan fingerprint density at radius 2 is 1.56 bits per heavy atom. The maximum absolute atomic E-state index is 13.1. The van der Waals surface area contributed by atoms with E-state index >= 15 is 0 Å². The summed E-state index contributed by atoms with van der Waals surface area (Å²) >= 11 is 6.01. The highest BCUT2D eigenvalue weighted by Gasteiger charge is 2.35. The lowest BCUT2D eigenvalue weighted by Crippen LogP contribution is -3.00. The maximum atomic E-state index is 13.1. The molecule has 1 aliphatic rings. The van der Waals surface area contributed by atoms with Crippen LogP contribution in [-0.2, 0) is 12.8 Å². The zero-order valence-electron chi connectivity index (χ0n) is 23.5. The van der Waals surface area contributed by atoms with Crippen LogP contribution in [0.3, 0.4) is 0 Å². The number of rotatable bonds is 12. The molecule has 41 heavy (non-hydrogen) atoms. The number of halogens is 2. The Morgan fingerprint density at radius 3 is 2.07 bits per heavy atom.